The van der Waals surface area contributed by atoms with Crippen LogP contribution >= 0.6 is 11.6 Å². The molecule has 4 heterocycles. The number of hydrogen-bond acceptors (Lipinski definition) is 7. The van der Waals surface area contributed by atoms with E-state index in [0.29, 0.717) is 53.5 Å². The fourth-order valence-electron chi connectivity index (χ4n) is 8.90. The van der Waals surface area contributed by atoms with E-state index >= 15 is 8.90 Å². The van der Waals surface area contributed by atoms with Crippen molar-refractivity contribution in [1.82, 2.24) is 15.0 Å². The number of ether oxygens (including phenoxy) is 1. The minimum absolute atomic E-state index is 0.104. The van der Waals surface area contributed by atoms with Gasteiger partial charge in [-0.25, -0.2) is 5.01 Å². The third-order valence-corrected chi connectivity index (χ3v) is 14.2. The van der Waals surface area contributed by atoms with Crippen LogP contribution in [-0.4, -0.2) is 58.7 Å². The van der Waals surface area contributed by atoms with Gasteiger partial charge in [-0.15, -0.1) is 5.10 Å². The zero-order valence-corrected chi connectivity index (χ0v) is 33.3. The first kappa shape index (κ1) is 37.9. The van der Waals surface area contributed by atoms with Crippen molar-refractivity contribution in [1.29, 1.82) is 0 Å². The lowest BCUT2D eigenvalue weighted by molar-refractivity contribution is -0.146. The highest BCUT2D eigenvalue weighted by atomic mass is 35.5. The van der Waals surface area contributed by atoms with Gasteiger partial charge >= 0.3 is 0 Å². The van der Waals surface area contributed by atoms with Gasteiger partial charge in [0.1, 0.15) is 0 Å². The molecular weight excluding hydrogens is 747 g/mol. The van der Waals surface area contributed by atoms with Gasteiger partial charge in [-0.2, -0.15) is 5.10 Å². The lowest BCUT2D eigenvalue weighted by Crippen LogP contribution is -2.45. The number of carbonyl (C=O) groups excluding carboxylic acids is 2. The minimum Gasteiger partial charge on any atom is -0.395 e. The van der Waals surface area contributed by atoms with Gasteiger partial charge in [0.2, 0.25) is 14.3 Å². The molecule has 288 valence electrons. The number of rotatable bonds is 11. The predicted octanol–water partition coefficient (Wildman–Crippen LogP) is 8.00. The molecule has 4 aromatic carbocycles. The summed E-state index contributed by atoms with van der Waals surface area (Å²) in [6.07, 6.45) is 2.51. The monoisotopic (exact) mass is 790 g/mol. The molecule has 1 unspecified atom stereocenters. The third-order valence-electron chi connectivity index (χ3n) is 11.5. The van der Waals surface area contributed by atoms with Crippen LogP contribution in [0.25, 0.3) is 0 Å². The van der Waals surface area contributed by atoms with E-state index in [1.807, 2.05) is 104 Å². The van der Waals surface area contributed by atoms with Crippen molar-refractivity contribution in [2.75, 3.05) is 16.5 Å². The van der Waals surface area contributed by atoms with Crippen LogP contribution in [0.2, 0.25) is 23.7 Å². The lowest BCUT2D eigenvalue weighted by Gasteiger charge is -2.31. The Morgan fingerprint density at radius 1 is 0.982 bits per heavy atom. The molecule has 0 radical (unpaired) electrons. The number of aromatic nitrogens is 3. The summed E-state index contributed by atoms with van der Waals surface area (Å²) in [6, 6.07) is 32.3. The molecule has 2 amide bonds. The molecule has 3 aliphatic rings. The molecular formula is C43H44ClFN6O4Si. The second-order valence-electron chi connectivity index (χ2n) is 15.5. The summed E-state index contributed by atoms with van der Waals surface area (Å²) in [7, 11) is -3.43. The zero-order chi connectivity index (χ0) is 39.2. The number of anilines is 2. The summed E-state index contributed by atoms with van der Waals surface area (Å²) in [4.78, 5) is 29.9. The Morgan fingerprint density at radius 2 is 1.73 bits per heavy atom. The van der Waals surface area contributed by atoms with Crippen molar-refractivity contribution in [2.45, 2.75) is 75.5 Å². The number of hydrogen-bond donors (Lipinski definition) is 1. The summed E-state index contributed by atoms with van der Waals surface area (Å²) in [6.45, 7) is 5.73. The van der Waals surface area contributed by atoms with E-state index in [2.05, 4.69) is 10.3 Å². The number of aliphatic hydroxyl groups is 1. The Labute approximate surface area is 331 Å². The first-order valence-electron chi connectivity index (χ1n) is 19.1. The van der Waals surface area contributed by atoms with E-state index in [4.69, 9.17) is 21.4 Å². The smallest absolute Gasteiger partial charge is 0.264 e. The number of aliphatic hydroxyl groups excluding tert-OH is 1. The number of benzene rings is 4. The van der Waals surface area contributed by atoms with E-state index in [9.17, 15) is 9.90 Å². The molecule has 3 aliphatic heterocycles. The second-order valence-corrected chi connectivity index (χ2v) is 19.7. The minimum atomic E-state index is -3.43. The number of carbonyl (C=O) groups is 2. The highest BCUT2D eigenvalue weighted by molar-refractivity contribution is 6.72. The van der Waals surface area contributed by atoms with Crippen LogP contribution in [0.15, 0.2) is 114 Å². The van der Waals surface area contributed by atoms with Crippen molar-refractivity contribution in [3.8, 4) is 0 Å². The average molecular weight is 791 g/mol. The molecule has 8 rings (SSSR count). The summed E-state index contributed by atoms with van der Waals surface area (Å²) in [5.74, 6) is -1.20. The Balaban J connectivity index is 1.07. The highest BCUT2D eigenvalue weighted by Crippen LogP contribution is 2.60. The van der Waals surface area contributed by atoms with Crippen molar-refractivity contribution < 1.29 is 23.5 Å². The van der Waals surface area contributed by atoms with Crippen LogP contribution in [0, 0.1) is 5.92 Å². The van der Waals surface area contributed by atoms with Crippen molar-refractivity contribution in [3.05, 3.63) is 142 Å². The van der Waals surface area contributed by atoms with E-state index < -0.39 is 31.6 Å². The van der Waals surface area contributed by atoms with Gasteiger partial charge in [0.15, 0.2) is 5.60 Å². The highest BCUT2D eigenvalue weighted by Gasteiger charge is 2.66. The van der Waals surface area contributed by atoms with Crippen molar-refractivity contribution in [3.63, 3.8) is 0 Å². The predicted molar refractivity (Wildman–Crippen MR) is 217 cm³/mol. The Bertz CT molecular complexity index is 2280. The van der Waals surface area contributed by atoms with Crippen LogP contribution in [0.1, 0.15) is 60.1 Å². The molecule has 0 bridgehead atoms. The van der Waals surface area contributed by atoms with E-state index in [1.165, 1.54) is 5.01 Å². The molecule has 1 aromatic heterocycles. The number of halogens is 2. The van der Waals surface area contributed by atoms with Gasteiger partial charge in [-0.1, -0.05) is 96.5 Å². The van der Waals surface area contributed by atoms with Crippen LogP contribution in [0.4, 0.5) is 15.5 Å². The van der Waals surface area contributed by atoms with E-state index in [-0.39, 0.29) is 30.9 Å². The van der Waals surface area contributed by atoms with Gasteiger partial charge in [0.05, 0.1) is 48.0 Å². The molecule has 0 aliphatic carbocycles. The molecule has 0 saturated carbocycles. The summed E-state index contributed by atoms with van der Waals surface area (Å²) in [5.41, 5.74) is 4.09. The molecule has 1 N–H and O–H groups in total. The maximum Gasteiger partial charge on any atom is 0.264 e. The number of nitrogens with zero attached hydrogens (tertiary/aromatic N) is 6. The van der Waals surface area contributed by atoms with Gasteiger partial charge < -0.3 is 18.9 Å². The van der Waals surface area contributed by atoms with Crippen LogP contribution in [0.5, 0.6) is 0 Å². The van der Waals surface area contributed by atoms with E-state index in [1.54, 1.807) is 34.8 Å². The molecule has 5 atom stereocenters. The summed E-state index contributed by atoms with van der Waals surface area (Å²) >= 11 is 6.62. The second kappa shape index (κ2) is 15.1. The van der Waals surface area contributed by atoms with Crippen LogP contribution in [0.3, 0.4) is 0 Å². The summed E-state index contributed by atoms with van der Waals surface area (Å²) in [5, 5.41) is 25.5. The maximum atomic E-state index is 16.5. The molecule has 1 fully saturated rings. The molecule has 56 heavy (non-hydrogen) atoms. The molecule has 10 nitrogen and oxygen atoms in total. The average Bonchev–Trinajstić information content (AvgIpc) is 3.85. The normalized spacial score (nSPS) is 22.8. The van der Waals surface area contributed by atoms with E-state index in [0.717, 1.165) is 22.4 Å². The number of amides is 2. The molecule has 13 heteroatoms. The topological polar surface area (TPSA) is 113 Å². The first-order valence-corrected chi connectivity index (χ1v) is 22.4. The lowest BCUT2D eigenvalue weighted by atomic mass is 9.82. The van der Waals surface area contributed by atoms with Crippen molar-refractivity contribution in [2.24, 2.45) is 11.0 Å². The largest absolute Gasteiger partial charge is 0.395 e. The van der Waals surface area contributed by atoms with Gasteiger partial charge in [0.25, 0.3) is 5.91 Å². The van der Waals surface area contributed by atoms with Gasteiger partial charge in [0, 0.05) is 47.6 Å². The third kappa shape index (κ3) is 6.89. The Morgan fingerprint density at radius 3 is 2.46 bits per heavy atom. The first-order chi connectivity index (χ1) is 27.0. The van der Waals surface area contributed by atoms with Crippen LogP contribution < -0.4 is 9.91 Å². The quantitative estimate of drug-likeness (QED) is 0.107. The fourth-order valence-corrected chi connectivity index (χ4v) is 11.6. The standard InChI is InChI=1S/C43H44ClFN6O4Si/c1-28-41(56(2,3)45)39(21-22-49-26-37(46-48-49)34(27-52)30-12-6-4-7-13-30)55-43(28)35-24-32(44)17-19-38(35)50(42(43)54)25-29-11-10-16-33(23-29)51-40(53)20-18-36(47-51)31-14-8-5-9-15-31/h4-17,19,23-24,26,28,34,39,41,52H,18,20-22,25,27H2,1-3H3/t28-,34?,39+,41-,43+/m1/s1. The molecule has 5 aromatic rings. The molecule has 1 spiro atoms. The van der Waals surface area contributed by atoms with Crippen LogP contribution in [-0.2, 0) is 33.0 Å². The number of fused-ring (bicyclic) bond motifs is 2. The molecule has 1 saturated heterocycles. The zero-order valence-electron chi connectivity index (χ0n) is 31.6. The summed E-state index contributed by atoms with van der Waals surface area (Å²) < 4.78 is 25.2. The van der Waals surface area contributed by atoms with Crippen molar-refractivity contribution >= 4 is 48.9 Å². The van der Waals surface area contributed by atoms with Gasteiger partial charge in [-0.3, -0.25) is 14.3 Å². The fraction of sp³-hybridized carbons (Fsp3) is 0.326. The number of hydrazone groups is 1. The Kier molecular flexibility index (Phi) is 10.2. The Hall–Kier alpha value is -5.01. The SMILES string of the molecule is C[C@@H]1[C@@H]([Si](C)(C)F)[C@H](CCn2cc(C(CO)c3ccccc3)nn2)O[C@@]12C(=O)N(Cc1cccc(N3N=C(c4ccccc4)CCC3=O)c1)c1ccc(Cl)cc12. The number of aryl methyl sites for hydroxylation is 1. The van der Waals surface area contributed by atoms with Gasteiger partial charge in [-0.05, 0) is 66.5 Å². The maximum absolute atomic E-state index is 16.5.